The van der Waals surface area contributed by atoms with Gasteiger partial charge in [-0.25, -0.2) is 14.4 Å². The maximum absolute atomic E-state index is 14.0. The SMILES string of the molecule is CC.CCC1(F)CCN(Cc2cnc(OC)nc2)C1. The molecule has 0 spiro atoms. The number of hydrogen-bond donors (Lipinski definition) is 0. The fourth-order valence-electron chi connectivity index (χ4n) is 2.13. The monoisotopic (exact) mass is 269 g/mol. The lowest BCUT2D eigenvalue weighted by Crippen LogP contribution is -2.28. The van der Waals surface area contributed by atoms with Crippen molar-refractivity contribution >= 4 is 0 Å². The standard InChI is InChI=1S/C12H18FN3O.C2H6/c1-3-12(13)4-5-16(9-12)8-10-6-14-11(17-2)15-7-10;1-2/h6-7H,3-5,8-9H2,1-2H3;1-2H3. The van der Waals surface area contributed by atoms with Gasteiger partial charge < -0.3 is 4.74 Å². The normalized spacial score (nSPS) is 22.8. The van der Waals surface area contributed by atoms with Gasteiger partial charge >= 0.3 is 6.01 Å². The molecule has 1 aromatic heterocycles. The summed E-state index contributed by atoms with van der Waals surface area (Å²) < 4.78 is 18.9. The van der Waals surface area contributed by atoms with Gasteiger partial charge in [0.2, 0.25) is 0 Å². The summed E-state index contributed by atoms with van der Waals surface area (Å²) >= 11 is 0. The Bertz CT molecular complexity index is 371. The smallest absolute Gasteiger partial charge is 0.316 e. The molecule has 0 radical (unpaired) electrons. The minimum atomic E-state index is -1.01. The van der Waals surface area contributed by atoms with E-state index < -0.39 is 5.67 Å². The van der Waals surface area contributed by atoms with Gasteiger partial charge in [-0.2, -0.15) is 0 Å². The summed E-state index contributed by atoms with van der Waals surface area (Å²) in [6.45, 7) is 7.92. The summed E-state index contributed by atoms with van der Waals surface area (Å²) in [6.07, 6.45) is 4.68. The summed E-state index contributed by atoms with van der Waals surface area (Å²) in [5.74, 6) is 0. The Balaban J connectivity index is 0.000000861. The van der Waals surface area contributed by atoms with Crippen molar-refractivity contribution in [1.29, 1.82) is 0 Å². The van der Waals surface area contributed by atoms with Gasteiger partial charge in [-0.3, -0.25) is 4.90 Å². The molecule has 1 aromatic rings. The van der Waals surface area contributed by atoms with Crippen molar-refractivity contribution in [2.75, 3.05) is 20.2 Å². The van der Waals surface area contributed by atoms with Crippen LogP contribution in [0.15, 0.2) is 12.4 Å². The third kappa shape index (κ3) is 4.42. The number of alkyl halides is 1. The first-order chi connectivity index (χ1) is 9.15. The second-order valence-corrected chi connectivity index (χ2v) is 4.54. The molecule has 1 aliphatic heterocycles. The van der Waals surface area contributed by atoms with Crippen molar-refractivity contribution in [2.45, 2.75) is 45.8 Å². The van der Waals surface area contributed by atoms with Crippen LogP contribution in [-0.2, 0) is 6.54 Å². The van der Waals surface area contributed by atoms with Crippen LogP contribution in [0.2, 0.25) is 0 Å². The molecule has 1 saturated heterocycles. The Kier molecular flexibility index (Phi) is 6.15. The number of hydrogen-bond acceptors (Lipinski definition) is 4. The topological polar surface area (TPSA) is 38.2 Å². The molecular weight excluding hydrogens is 245 g/mol. The van der Waals surface area contributed by atoms with Crippen molar-refractivity contribution < 1.29 is 9.13 Å². The van der Waals surface area contributed by atoms with Crippen LogP contribution in [0, 0.1) is 0 Å². The molecule has 0 amide bonds. The van der Waals surface area contributed by atoms with Gasteiger partial charge in [0.05, 0.1) is 7.11 Å². The second kappa shape index (κ2) is 7.38. The highest BCUT2D eigenvalue weighted by Crippen LogP contribution is 2.29. The summed E-state index contributed by atoms with van der Waals surface area (Å²) in [5.41, 5.74) is -0.0148. The molecule has 108 valence electrons. The Labute approximate surface area is 115 Å². The van der Waals surface area contributed by atoms with Crippen LogP contribution in [0.5, 0.6) is 6.01 Å². The number of ether oxygens (including phenoxy) is 1. The van der Waals surface area contributed by atoms with Crippen molar-refractivity contribution in [3.63, 3.8) is 0 Å². The lowest BCUT2D eigenvalue weighted by molar-refractivity contribution is 0.158. The molecule has 1 fully saturated rings. The van der Waals surface area contributed by atoms with Gasteiger partial charge in [0.25, 0.3) is 0 Å². The number of methoxy groups -OCH3 is 1. The third-order valence-electron chi connectivity index (χ3n) is 3.29. The summed E-state index contributed by atoms with van der Waals surface area (Å²) in [7, 11) is 1.54. The maximum atomic E-state index is 14.0. The fraction of sp³-hybridized carbons (Fsp3) is 0.714. The molecule has 1 aliphatic rings. The Hall–Kier alpha value is -1.23. The van der Waals surface area contributed by atoms with Gasteiger partial charge in [-0.1, -0.05) is 20.8 Å². The molecule has 4 nitrogen and oxygen atoms in total. The average molecular weight is 269 g/mol. The van der Waals surface area contributed by atoms with Gasteiger partial charge in [0.15, 0.2) is 0 Å². The predicted molar refractivity (Wildman–Crippen MR) is 74.0 cm³/mol. The van der Waals surface area contributed by atoms with Crippen LogP contribution in [0.1, 0.15) is 39.2 Å². The Morgan fingerprint density at radius 2 is 2.00 bits per heavy atom. The van der Waals surface area contributed by atoms with Gasteiger partial charge in [0.1, 0.15) is 5.67 Å². The molecule has 0 aliphatic carbocycles. The van der Waals surface area contributed by atoms with E-state index in [1.54, 1.807) is 12.4 Å². The Morgan fingerprint density at radius 1 is 1.37 bits per heavy atom. The number of nitrogens with zero attached hydrogens (tertiary/aromatic N) is 3. The van der Waals surface area contributed by atoms with Crippen LogP contribution in [-0.4, -0.2) is 40.7 Å². The van der Waals surface area contributed by atoms with Crippen LogP contribution in [0.4, 0.5) is 4.39 Å². The highest BCUT2D eigenvalue weighted by molar-refractivity contribution is 5.08. The maximum Gasteiger partial charge on any atom is 0.316 e. The minimum Gasteiger partial charge on any atom is -0.467 e. The molecule has 2 rings (SSSR count). The number of halogens is 1. The third-order valence-corrected chi connectivity index (χ3v) is 3.29. The quantitative estimate of drug-likeness (QED) is 0.842. The minimum absolute atomic E-state index is 0.364. The van der Waals surface area contributed by atoms with Crippen LogP contribution in [0.3, 0.4) is 0 Å². The largest absolute Gasteiger partial charge is 0.467 e. The fourth-order valence-corrected chi connectivity index (χ4v) is 2.13. The zero-order valence-electron chi connectivity index (χ0n) is 12.3. The summed E-state index contributed by atoms with van der Waals surface area (Å²) in [5, 5.41) is 0. The first-order valence-electron chi connectivity index (χ1n) is 6.91. The van der Waals surface area contributed by atoms with Crippen LogP contribution < -0.4 is 4.74 Å². The zero-order valence-corrected chi connectivity index (χ0v) is 12.3. The predicted octanol–water partition coefficient (Wildman–Crippen LogP) is 2.84. The molecule has 2 heterocycles. The van der Waals surface area contributed by atoms with Crippen molar-refractivity contribution in [1.82, 2.24) is 14.9 Å². The van der Waals surface area contributed by atoms with Crippen LogP contribution in [0.25, 0.3) is 0 Å². The van der Waals surface area contributed by atoms with Crippen molar-refractivity contribution in [3.05, 3.63) is 18.0 Å². The van der Waals surface area contributed by atoms with Gasteiger partial charge in [-0.05, 0) is 12.8 Å². The molecule has 0 N–H and O–H groups in total. The first-order valence-corrected chi connectivity index (χ1v) is 6.91. The number of aromatic nitrogens is 2. The molecule has 0 bridgehead atoms. The molecule has 0 aromatic carbocycles. The van der Waals surface area contributed by atoms with Crippen molar-refractivity contribution in [2.24, 2.45) is 0 Å². The summed E-state index contributed by atoms with van der Waals surface area (Å²) in [6, 6.07) is 0.364. The second-order valence-electron chi connectivity index (χ2n) is 4.54. The number of rotatable bonds is 4. The lowest BCUT2D eigenvalue weighted by atomic mass is 10.0. The Morgan fingerprint density at radius 3 is 2.47 bits per heavy atom. The average Bonchev–Trinajstić information content (AvgIpc) is 2.84. The first kappa shape index (κ1) is 15.8. The van der Waals surface area contributed by atoms with E-state index in [9.17, 15) is 4.39 Å². The molecular formula is C14H24FN3O. The van der Waals surface area contributed by atoms with Crippen LogP contribution >= 0.6 is 0 Å². The van der Waals surface area contributed by atoms with E-state index in [1.807, 2.05) is 20.8 Å². The van der Waals surface area contributed by atoms with E-state index in [4.69, 9.17) is 4.74 Å². The molecule has 1 atom stereocenters. The molecule has 1 unspecified atom stereocenters. The van der Waals surface area contributed by atoms with E-state index in [0.29, 0.717) is 31.9 Å². The van der Waals surface area contributed by atoms with E-state index in [2.05, 4.69) is 14.9 Å². The molecule has 19 heavy (non-hydrogen) atoms. The highest BCUT2D eigenvalue weighted by atomic mass is 19.1. The molecule has 5 heteroatoms. The highest BCUT2D eigenvalue weighted by Gasteiger charge is 2.36. The van der Waals surface area contributed by atoms with E-state index in [1.165, 1.54) is 7.11 Å². The van der Waals surface area contributed by atoms with Crippen molar-refractivity contribution in [3.8, 4) is 6.01 Å². The molecule has 0 saturated carbocycles. The lowest BCUT2D eigenvalue weighted by Gasteiger charge is -2.19. The zero-order chi connectivity index (χ0) is 14.3. The van der Waals surface area contributed by atoms with E-state index in [-0.39, 0.29) is 0 Å². The van der Waals surface area contributed by atoms with E-state index >= 15 is 0 Å². The number of likely N-dealkylation sites (tertiary alicyclic amines) is 1. The summed E-state index contributed by atoms with van der Waals surface area (Å²) in [4.78, 5) is 10.2. The van der Waals surface area contributed by atoms with Gasteiger partial charge in [0, 0.05) is 37.6 Å². The van der Waals surface area contributed by atoms with Gasteiger partial charge in [-0.15, -0.1) is 0 Å². The van der Waals surface area contributed by atoms with E-state index in [0.717, 1.165) is 12.1 Å².